The van der Waals surface area contributed by atoms with E-state index in [-0.39, 0.29) is 17.5 Å². The van der Waals surface area contributed by atoms with E-state index in [1.165, 1.54) is 6.92 Å². The summed E-state index contributed by atoms with van der Waals surface area (Å²) in [4.78, 5) is 0. The van der Waals surface area contributed by atoms with Gasteiger partial charge in [-0.05, 0) is 37.1 Å². The Morgan fingerprint density at radius 3 is 2.47 bits per heavy atom. The number of aliphatic hydroxyl groups excluding tert-OH is 1. The van der Waals surface area contributed by atoms with Crippen LogP contribution in [0.5, 0.6) is 0 Å². The van der Waals surface area contributed by atoms with Crippen molar-refractivity contribution in [2.24, 2.45) is 0 Å². The third-order valence-electron chi connectivity index (χ3n) is 3.15. The van der Waals surface area contributed by atoms with E-state index in [9.17, 15) is 13.9 Å². The van der Waals surface area contributed by atoms with Crippen LogP contribution in [0.1, 0.15) is 28.4 Å². The minimum Gasteiger partial charge on any atom is -0.388 e. The van der Waals surface area contributed by atoms with Gasteiger partial charge in [0.25, 0.3) is 0 Å². The lowest BCUT2D eigenvalue weighted by Gasteiger charge is -2.13. The van der Waals surface area contributed by atoms with Crippen LogP contribution in [0.15, 0.2) is 36.4 Å². The summed E-state index contributed by atoms with van der Waals surface area (Å²) in [5, 5.41) is 10.1. The Bertz CT molecular complexity index is 593. The predicted octanol–water partition coefficient (Wildman–Crippen LogP) is 3.86. The summed E-state index contributed by atoms with van der Waals surface area (Å²) in [5.41, 5.74) is 2.21. The number of rotatable bonds is 3. The molecule has 0 aromatic heterocycles. The highest BCUT2D eigenvalue weighted by atomic mass is 19.1. The van der Waals surface area contributed by atoms with Crippen molar-refractivity contribution in [3.63, 3.8) is 0 Å². The quantitative estimate of drug-likeness (QED) is 0.890. The van der Waals surface area contributed by atoms with E-state index in [1.54, 1.807) is 0 Å². The Labute approximate surface area is 111 Å². The molecule has 0 amide bonds. The minimum absolute atomic E-state index is 0.00426. The lowest BCUT2D eigenvalue weighted by atomic mass is 9.99. The monoisotopic (exact) mass is 262 g/mol. The zero-order chi connectivity index (χ0) is 14.0. The molecule has 19 heavy (non-hydrogen) atoms. The van der Waals surface area contributed by atoms with Crippen LogP contribution in [0, 0.1) is 25.5 Å². The van der Waals surface area contributed by atoms with Gasteiger partial charge in [-0.25, -0.2) is 8.78 Å². The second-order valence-electron chi connectivity index (χ2n) is 4.83. The summed E-state index contributed by atoms with van der Waals surface area (Å²) in [7, 11) is 0. The molecular weight excluding hydrogens is 246 g/mol. The molecule has 3 heteroatoms. The molecule has 0 heterocycles. The van der Waals surface area contributed by atoms with Crippen molar-refractivity contribution in [2.75, 3.05) is 0 Å². The highest BCUT2D eigenvalue weighted by Crippen LogP contribution is 2.24. The Kier molecular flexibility index (Phi) is 3.96. The number of aliphatic hydroxyl groups is 1. The van der Waals surface area contributed by atoms with Gasteiger partial charge in [0, 0.05) is 12.0 Å². The van der Waals surface area contributed by atoms with E-state index in [0.29, 0.717) is 0 Å². The van der Waals surface area contributed by atoms with Gasteiger partial charge in [0.15, 0.2) is 0 Å². The van der Waals surface area contributed by atoms with Gasteiger partial charge in [0.1, 0.15) is 11.6 Å². The minimum atomic E-state index is -1.04. The van der Waals surface area contributed by atoms with Crippen LogP contribution in [0.4, 0.5) is 8.78 Å². The van der Waals surface area contributed by atoms with Crippen LogP contribution in [0.3, 0.4) is 0 Å². The summed E-state index contributed by atoms with van der Waals surface area (Å²) in [5.74, 6) is -1.07. The zero-order valence-electron chi connectivity index (χ0n) is 11.0. The second-order valence-corrected chi connectivity index (χ2v) is 4.83. The van der Waals surface area contributed by atoms with Crippen molar-refractivity contribution in [1.29, 1.82) is 0 Å². The number of hydrogen-bond acceptors (Lipinski definition) is 1. The first-order valence-corrected chi connectivity index (χ1v) is 6.16. The van der Waals surface area contributed by atoms with E-state index in [1.807, 2.05) is 31.2 Å². The van der Waals surface area contributed by atoms with Crippen molar-refractivity contribution >= 4 is 0 Å². The number of halogens is 2. The molecule has 1 N–H and O–H groups in total. The van der Waals surface area contributed by atoms with Crippen molar-refractivity contribution in [3.8, 4) is 0 Å². The van der Waals surface area contributed by atoms with Gasteiger partial charge in [0.2, 0.25) is 0 Å². The first kappa shape index (κ1) is 13.7. The highest BCUT2D eigenvalue weighted by molar-refractivity contribution is 5.29. The first-order chi connectivity index (χ1) is 8.97. The van der Waals surface area contributed by atoms with Crippen LogP contribution in [-0.4, -0.2) is 5.11 Å². The molecule has 1 unspecified atom stereocenters. The Morgan fingerprint density at radius 2 is 1.79 bits per heavy atom. The molecule has 0 saturated carbocycles. The normalized spacial score (nSPS) is 12.5. The highest BCUT2D eigenvalue weighted by Gasteiger charge is 2.16. The molecule has 0 saturated heterocycles. The van der Waals surface area contributed by atoms with Crippen LogP contribution >= 0.6 is 0 Å². The largest absolute Gasteiger partial charge is 0.388 e. The molecule has 100 valence electrons. The van der Waals surface area contributed by atoms with Gasteiger partial charge in [-0.3, -0.25) is 0 Å². The van der Waals surface area contributed by atoms with Gasteiger partial charge in [-0.15, -0.1) is 0 Å². The maximum Gasteiger partial charge on any atom is 0.129 e. The SMILES string of the molecule is Cc1cccc(CC(O)c2cc(F)c(C)cc2F)c1. The van der Waals surface area contributed by atoms with Gasteiger partial charge in [-0.2, -0.15) is 0 Å². The van der Waals surface area contributed by atoms with Crippen molar-refractivity contribution in [1.82, 2.24) is 0 Å². The molecule has 0 radical (unpaired) electrons. The third-order valence-corrected chi connectivity index (χ3v) is 3.15. The molecule has 2 rings (SSSR count). The number of hydrogen-bond donors (Lipinski definition) is 1. The van der Waals surface area contributed by atoms with Crippen LogP contribution in [0.25, 0.3) is 0 Å². The first-order valence-electron chi connectivity index (χ1n) is 6.16. The van der Waals surface area contributed by atoms with Crippen LogP contribution in [0.2, 0.25) is 0 Å². The standard InChI is InChI=1S/C16H16F2O/c1-10-4-3-5-12(6-10)8-16(19)13-9-14(17)11(2)7-15(13)18/h3-7,9,16,19H,8H2,1-2H3. The maximum absolute atomic E-state index is 13.7. The van der Waals surface area contributed by atoms with Gasteiger partial charge in [0.05, 0.1) is 6.10 Å². The third kappa shape index (κ3) is 3.18. The molecule has 0 aliphatic heterocycles. The lowest BCUT2D eigenvalue weighted by molar-refractivity contribution is 0.173. The lowest BCUT2D eigenvalue weighted by Crippen LogP contribution is -2.06. The van der Waals surface area contributed by atoms with Crippen molar-refractivity contribution in [2.45, 2.75) is 26.4 Å². The van der Waals surface area contributed by atoms with E-state index < -0.39 is 17.7 Å². The average molecular weight is 262 g/mol. The van der Waals surface area contributed by atoms with Gasteiger partial charge < -0.3 is 5.11 Å². The average Bonchev–Trinajstić information content (AvgIpc) is 2.33. The molecule has 2 aromatic rings. The van der Waals surface area contributed by atoms with Gasteiger partial charge in [-0.1, -0.05) is 29.8 Å². The van der Waals surface area contributed by atoms with Crippen molar-refractivity contribution in [3.05, 3.63) is 70.3 Å². The molecule has 1 atom stereocenters. The summed E-state index contributed by atoms with van der Waals surface area (Å²) in [6, 6.07) is 9.80. The molecule has 0 aliphatic rings. The summed E-state index contributed by atoms with van der Waals surface area (Å²) in [6.45, 7) is 3.44. The molecule has 0 fully saturated rings. The number of benzene rings is 2. The topological polar surface area (TPSA) is 20.2 Å². The molecule has 1 nitrogen and oxygen atoms in total. The second kappa shape index (κ2) is 5.49. The smallest absolute Gasteiger partial charge is 0.129 e. The Hall–Kier alpha value is -1.74. The Morgan fingerprint density at radius 1 is 1.05 bits per heavy atom. The zero-order valence-corrected chi connectivity index (χ0v) is 11.0. The fourth-order valence-electron chi connectivity index (χ4n) is 2.09. The fraction of sp³-hybridized carbons (Fsp3) is 0.250. The Balaban J connectivity index is 2.25. The summed E-state index contributed by atoms with van der Waals surface area (Å²) < 4.78 is 27.2. The van der Waals surface area contributed by atoms with E-state index in [4.69, 9.17) is 0 Å². The van der Waals surface area contributed by atoms with E-state index >= 15 is 0 Å². The molecule has 0 spiro atoms. The summed E-state index contributed by atoms with van der Waals surface area (Å²) in [6.07, 6.45) is -0.780. The fourth-order valence-corrected chi connectivity index (χ4v) is 2.09. The molecule has 0 bridgehead atoms. The summed E-state index contributed by atoms with van der Waals surface area (Å²) >= 11 is 0. The molecular formula is C16H16F2O. The molecule has 0 aliphatic carbocycles. The van der Waals surface area contributed by atoms with Crippen LogP contribution in [-0.2, 0) is 6.42 Å². The predicted molar refractivity (Wildman–Crippen MR) is 70.9 cm³/mol. The van der Waals surface area contributed by atoms with E-state index in [2.05, 4.69) is 0 Å². The number of aryl methyl sites for hydroxylation is 2. The maximum atomic E-state index is 13.7. The van der Waals surface area contributed by atoms with Crippen molar-refractivity contribution < 1.29 is 13.9 Å². The molecule has 2 aromatic carbocycles. The van der Waals surface area contributed by atoms with Crippen LogP contribution < -0.4 is 0 Å². The van der Waals surface area contributed by atoms with Gasteiger partial charge >= 0.3 is 0 Å². The van der Waals surface area contributed by atoms with E-state index in [0.717, 1.165) is 23.3 Å².